The lowest BCUT2D eigenvalue weighted by atomic mass is 10.1. The van der Waals surface area contributed by atoms with Gasteiger partial charge in [0.15, 0.2) is 0 Å². The summed E-state index contributed by atoms with van der Waals surface area (Å²) in [5.74, 6) is 0. The van der Waals surface area contributed by atoms with Crippen LogP contribution in [0.5, 0.6) is 0 Å². The van der Waals surface area contributed by atoms with Crippen molar-refractivity contribution in [3.63, 3.8) is 0 Å². The third kappa shape index (κ3) is 2.45. The van der Waals surface area contributed by atoms with E-state index in [1.54, 1.807) is 0 Å². The van der Waals surface area contributed by atoms with Gasteiger partial charge in [-0.25, -0.2) is 0 Å². The molecule has 1 atom stereocenters. The van der Waals surface area contributed by atoms with E-state index in [9.17, 15) is 0 Å². The van der Waals surface area contributed by atoms with Gasteiger partial charge in [0.25, 0.3) is 0 Å². The van der Waals surface area contributed by atoms with E-state index in [4.69, 9.17) is 4.74 Å². The van der Waals surface area contributed by atoms with Crippen LogP contribution in [0.2, 0.25) is 0 Å². The zero-order valence-electron chi connectivity index (χ0n) is 10.4. The third-order valence-corrected chi connectivity index (χ3v) is 3.54. The number of hydrogen-bond acceptors (Lipinski definition) is 2. The molecule has 1 heterocycles. The average molecular weight is 219 g/mol. The minimum absolute atomic E-state index is 0.182. The fraction of sp³-hybridized carbons (Fsp3) is 0.571. The first-order chi connectivity index (χ1) is 7.59. The molecule has 0 N–H and O–H groups in total. The second kappa shape index (κ2) is 4.56. The van der Waals surface area contributed by atoms with Crippen LogP contribution in [0.15, 0.2) is 30.3 Å². The Morgan fingerprint density at radius 1 is 1.31 bits per heavy atom. The highest BCUT2D eigenvalue weighted by molar-refractivity contribution is 5.14. The second-order valence-corrected chi connectivity index (χ2v) is 5.21. The average Bonchev–Trinajstić information content (AvgIpc) is 2.54. The molecule has 2 heteroatoms. The topological polar surface area (TPSA) is 12.5 Å². The van der Waals surface area contributed by atoms with E-state index in [-0.39, 0.29) is 11.8 Å². The molecule has 0 amide bonds. The predicted molar refractivity (Wildman–Crippen MR) is 66.3 cm³/mol. The fourth-order valence-corrected chi connectivity index (χ4v) is 2.12. The van der Waals surface area contributed by atoms with Crippen LogP contribution in [0.25, 0.3) is 0 Å². The molecule has 0 aliphatic carbocycles. The van der Waals surface area contributed by atoms with Gasteiger partial charge in [-0.1, -0.05) is 30.3 Å². The van der Waals surface area contributed by atoms with E-state index in [1.807, 2.05) is 0 Å². The lowest BCUT2D eigenvalue weighted by Crippen LogP contribution is -2.41. The smallest absolute Gasteiger partial charge is 0.111 e. The normalized spacial score (nSPS) is 24.8. The minimum atomic E-state index is 0.182. The third-order valence-electron chi connectivity index (χ3n) is 3.54. The molecule has 1 aliphatic heterocycles. The van der Waals surface area contributed by atoms with Gasteiger partial charge in [-0.15, -0.1) is 0 Å². The standard InChI is InChI=1S/C14H21NO/c1-14(2)11-16-13(15(14)3)10-9-12-7-5-4-6-8-12/h4-8,13H,9-11H2,1-3H3. The van der Waals surface area contributed by atoms with Crippen LogP contribution in [-0.4, -0.2) is 30.3 Å². The Bertz CT molecular complexity index is 334. The zero-order valence-corrected chi connectivity index (χ0v) is 10.4. The molecule has 1 aromatic rings. The van der Waals surface area contributed by atoms with Crippen LogP contribution in [-0.2, 0) is 11.2 Å². The Morgan fingerprint density at radius 2 is 2.00 bits per heavy atom. The molecular weight excluding hydrogens is 198 g/mol. The lowest BCUT2D eigenvalue weighted by molar-refractivity contribution is 0.0344. The van der Waals surface area contributed by atoms with Crippen molar-refractivity contribution in [1.29, 1.82) is 0 Å². The van der Waals surface area contributed by atoms with E-state index in [1.165, 1.54) is 5.56 Å². The van der Waals surface area contributed by atoms with Crippen molar-refractivity contribution in [3.8, 4) is 0 Å². The summed E-state index contributed by atoms with van der Waals surface area (Å²) in [5, 5.41) is 0. The van der Waals surface area contributed by atoms with Crippen LogP contribution in [0.1, 0.15) is 25.8 Å². The predicted octanol–water partition coefficient (Wildman–Crippen LogP) is 2.69. The number of nitrogens with zero attached hydrogens (tertiary/aromatic N) is 1. The van der Waals surface area contributed by atoms with E-state index >= 15 is 0 Å². The summed E-state index contributed by atoms with van der Waals surface area (Å²) >= 11 is 0. The largest absolute Gasteiger partial charge is 0.361 e. The molecule has 2 nitrogen and oxygen atoms in total. The molecule has 0 radical (unpaired) electrons. The molecule has 1 unspecified atom stereocenters. The first-order valence-electron chi connectivity index (χ1n) is 5.98. The van der Waals surface area contributed by atoms with E-state index in [2.05, 4.69) is 56.1 Å². The Hall–Kier alpha value is -0.860. The number of ether oxygens (including phenoxy) is 1. The van der Waals surface area contributed by atoms with Gasteiger partial charge in [0, 0.05) is 5.54 Å². The molecule has 0 saturated carbocycles. The second-order valence-electron chi connectivity index (χ2n) is 5.21. The number of likely N-dealkylation sites (N-methyl/N-ethyl adjacent to an activating group) is 1. The van der Waals surface area contributed by atoms with Crippen molar-refractivity contribution in [2.45, 2.75) is 38.5 Å². The summed E-state index contributed by atoms with van der Waals surface area (Å²) in [5.41, 5.74) is 1.57. The zero-order chi connectivity index (χ0) is 11.6. The molecule has 0 aromatic heterocycles. The summed E-state index contributed by atoms with van der Waals surface area (Å²) in [6.45, 7) is 5.30. The van der Waals surface area contributed by atoms with Crippen LogP contribution in [0.4, 0.5) is 0 Å². The first-order valence-corrected chi connectivity index (χ1v) is 5.98. The molecule has 0 bridgehead atoms. The van der Waals surface area contributed by atoms with Gasteiger partial charge in [-0.2, -0.15) is 0 Å². The molecule has 16 heavy (non-hydrogen) atoms. The minimum Gasteiger partial charge on any atom is -0.361 e. The Balaban J connectivity index is 1.88. The molecular formula is C14H21NO. The molecule has 1 aliphatic rings. The maximum atomic E-state index is 5.83. The summed E-state index contributed by atoms with van der Waals surface area (Å²) in [7, 11) is 2.16. The van der Waals surface area contributed by atoms with Crippen LogP contribution >= 0.6 is 0 Å². The van der Waals surface area contributed by atoms with Crippen molar-refractivity contribution in [2.75, 3.05) is 13.7 Å². The van der Waals surface area contributed by atoms with Crippen molar-refractivity contribution in [2.24, 2.45) is 0 Å². The van der Waals surface area contributed by atoms with Crippen molar-refractivity contribution >= 4 is 0 Å². The summed E-state index contributed by atoms with van der Waals surface area (Å²) in [4.78, 5) is 2.34. The number of rotatable bonds is 3. The highest BCUT2D eigenvalue weighted by atomic mass is 16.5. The maximum Gasteiger partial charge on any atom is 0.111 e. The van der Waals surface area contributed by atoms with Gasteiger partial charge < -0.3 is 4.74 Å². The molecule has 2 rings (SSSR count). The van der Waals surface area contributed by atoms with Gasteiger partial charge in [0.1, 0.15) is 6.23 Å². The monoisotopic (exact) mass is 219 g/mol. The number of benzene rings is 1. The van der Waals surface area contributed by atoms with Gasteiger partial charge in [-0.05, 0) is 39.3 Å². The summed E-state index contributed by atoms with van der Waals surface area (Å²) in [6, 6.07) is 10.6. The van der Waals surface area contributed by atoms with E-state index in [0.717, 1.165) is 19.4 Å². The maximum absolute atomic E-state index is 5.83. The van der Waals surface area contributed by atoms with Gasteiger partial charge in [0.05, 0.1) is 6.61 Å². The summed E-state index contributed by atoms with van der Waals surface area (Å²) < 4.78 is 5.83. The van der Waals surface area contributed by atoms with Gasteiger partial charge in [-0.3, -0.25) is 4.90 Å². The first kappa shape index (κ1) is 11.6. The number of aryl methyl sites for hydroxylation is 1. The van der Waals surface area contributed by atoms with Crippen molar-refractivity contribution in [1.82, 2.24) is 4.90 Å². The van der Waals surface area contributed by atoms with Gasteiger partial charge >= 0.3 is 0 Å². The Labute approximate surface area is 98.2 Å². The van der Waals surface area contributed by atoms with E-state index < -0.39 is 0 Å². The van der Waals surface area contributed by atoms with Crippen LogP contribution < -0.4 is 0 Å². The molecule has 1 saturated heterocycles. The van der Waals surface area contributed by atoms with Crippen molar-refractivity contribution in [3.05, 3.63) is 35.9 Å². The van der Waals surface area contributed by atoms with E-state index in [0.29, 0.717) is 0 Å². The van der Waals surface area contributed by atoms with Gasteiger partial charge in [0.2, 0.25) is 0 Å². The quantitative estimate of drug-likeness (QED) is 0.775. The Kier molecular flexibility index (Phi) is 3.31. The van der Waals surface area contributed by atoms with Crippen LogP contribution in [0.3, 0.4) is 0 Å². The van der Waals surface area contributed by atoms with Crippen LogP contribution in [0, 0.1) is 0 Å². The number of hydrogen-bond donors (Lipinski definition) is 0. The molecule has 0 spiro atoms. The lowest BCUT2D eigenvalue weighted by Gasteiger charge is -2.28. The fourth-order valence-electron chi connectivity index (χ4n) is 2.12. The SMILES string of the molecule is CN1C(CCc2ccccc2)OCC1(C)C. The molecule has 88 valence electrons. The van der Waals surface area contributed by atoms with Crippen molar-refractivity contribution < 1.29 is 4.74 Å². The highest BCUT2D eigenvalue weighted by Crippen LogP contribution is 2.27. The summed E-state index contributed by atoms with van der Waals surface area (Å²) in [6.07, 6.45) is 2.44. The molecule has 1 aromatic carbocycles. The molecule has 1 fully saturated rings. The highest BCUT2D eigenvalue weighted by Gasteiger charge is 2.36. The Morgan fingerprint density at radius 3 is 2.56 bits per heavy atom.